The van der Waals surface area contributed by atoms with Crippen molar-refractivity contribution < 1.29 is 4.74 Å². The highest BCUT2D eigenvalue weighted by Crippen LogP contribution is 2.25. The van der Waals surface area contributed by atoms with E-state index in [0.29, 0.717) is 23.0 Å². The summed E-state index contributed by atoms with van der Waals surface area (Å²) in [5, 5.41) is 6.17. The van der Waals surface area contributed by atoms with Gasteiger partial charge in [-0.05, 0) is 18.6 Å². The molecule has 0 unspecified atom stereocenters. The van der Waals surface area contributed by atoms with E-state index in [1.165, 1.54) is 10.7 Å². The molecule has 0 aliphatic carbocycles. The van der Waals surface area contributed by atoms with Crippen molar-refractivity contribution in [2.24, 2.45) is 0 Å². The molecule has 7 heteroatoms. The Kier molecular flexibility index (Phi) is 2.45. The third-order valence-corrected chi connectivity index (χ3v) is 2.71. The number of nitrogens with one attached hydrogen (secondary N) is 1. The minimum Gasteiger partial charge on any atom is -0.438 e. The largest absolute Gasteiger partial charge is 0.438 e. The van der Waals surface area contributed by atoms with E-state index in [4.69, 9.17) is 10.5 Å². The van der Waals surface area contributed by atoms with Crippen molar-refractivity contribution in [1.29, 1.82) is 0 Å². The van der Waals surface area contributed by atoms with Gasteiger partial charge in [-0.3, -0.25) is 0 Å². The second-order valence-corrected chi connectivity index (χ2v) is 4.11. The van der Waals surface area contributed by atoms with Gasteiger partial charge in [-0.2, -0.15) is 5.10 Å². The molecule has 0 saturated carbocycles. The van der Waals surface area contributed by atoms with Crippen LogP contribution in [0.25, 0.3) is 5.65 Å². The van der Waals surface area contributed by atoms with Crippen molar-refractivity contribution >= 4 is 11.3 Å². The molecule has 0 bridgehead atoms. The zero-order valence-electron chi connectivity index (χ0n) is 10.1. The SMILES string of the molecule is Cc1ccc(N)cc1Oc1cc2n[nH]c(=O)n2cn1. The second kappa shape index (κ2) is 4.13. The smallest absolute Gasteiger partial charge is 0.348 e. The Labute approximate surface area is 107 Å². The van der Waals surface area contributed by atoms with Gasteiger partial charge in [0.1, 0.15) is 12.1 Å². The van der Waals surface area contributed by atoms with Crippen LogP contribution in [0.3, 0.4) is 0 Å². The first-order valence-electron chi connectivity index (χ1n) is 5.60. The van der Waals surface area contributed by atoms with E-state index in [9.17, 15) is 4.79 Å². The Hall–Kier alpha value is -2.83. The molecule has 0 amide bonds. The molecule has 0 saturated heterocycles. The van der Waals surface area contributed by atoms with E-state index in [1.807, 2.05) is 13.0 Å². The van der Waals surface area contributed by atoms with E-state index in [-0.39, 0.29) is 5.69 Å². The maximum Gasteiger partial charge on any atom is 0.348 e. The van der Waals surface area contributed by atoms with Crippen LogP contribution in [0.15, 0.2) is 35.4 Å². The van der Waals surface area contributed by atoms with E-state index >= 15 is 0 Å². The molecular weight excluding hydrogens is 246 g/mol. The van der Waals surface area contributed by atoms with Crippen LogP contribution in [0.5, 0.6) is 11.6 Å². The first-order valence-corrected chi connectivity index (χ1v) is 5.60. The number of fused-ring (bicyclic) bond motifs is 1. The fourth-order valence-electron chi connectivity index (χ4n) is 1.69. The number of nitrogens with zero attached hydrogens (tertiary/aromatic N) is 3. The summed E-state index contributed by atoms with van der Waals surface area (Å²) >= 11 is 0. The molecule has 7 nitrogen and oxygen atoms in total. The van der Waals surface area contributed by atoms with Gasteiger partial charge in [0.2, 0.25) is 5.88 Å². The van der Waals surface area contributed by atoms with Crippen LogP contribution in [0.1, 0.15) is 5.56 Å². The summed E-state index contributed by atoms with van der Waals surface area (Å²) in [7, 11) is 0. The summed E-state index contributed by atoms with van der Waals surface area (Å²) in [5.41, 5.74) is 7.36. The van der Waals surface area contributed by atoms with Crippen LogP contribution in [-0.2, 0) is 0 Å². The average molecular weight is 257 g/mol. The van der Waals surface area contributed by atoms with Gasteiger partial charge in [-0.25, -0.2) is 19.3 Å². The molecular formula is C12H11N5O2. The van der Waals surface area contributed by atoms with Gasteiger partial charge < -0.3 is 10.5 Å². The first-order chi connectivity index (χ1) is 9.13. The van der Waals surface area contributed by atoms with Crippen molar-refractivity contribution in [2.75, 3.05) is 5.73 Å². The minimum absolute atomic E-state index is 0.339. The fourth-order valence-corrected chi connectivity index (χ4v) is 1.69. The summed E-state index contributed by atoms with van der Waals surface area (Å²) in [6.07, 6.45) is 1.36. The number of benzene rings is 1. The van der Waals surface area contributed by atoms with Crippen LogP contribution in [0.2, 0.25) is 0 Å². The number of rotatable bonds is 2. The van der Waals surface area contributed by atoms with E-state index in [1.54, 1.807) is 18.2 Å². The molecule has 0 radical (unpaired) electrons. The highest BCUT2D eigenvalue weighted by molar-refractivity contribution is 5.49. The van der Waals surface area contributed by atoms with E-state index in [0.717, 1.165) is 5.56 Å². The lowest BCUT2D eigenvalue weighted by Gasteiger charge is -2.08. The summed E-state index contributed by atoms with van der Waals surface area (Å²) in [4.78, 5) is 15.3. The van der Waals surface area contributed by atoms with Gasteiger partial charge in [0.25, 0.3) is 0 Å². The Balaban J connectivity index is 2.01. The normalized spacial score (nSPS) is 10.8. The summed E-state index contributed by atoms with van der Waals surface area (Å²) in [6, 6.07) is 6.95. The molecule has 3 rings (SSSR count). The standard InChI is InChI=1S/C12H11N5O2/c1-7-2-3-8(13)4-9(7)19-11-5-10-15-16-12(18)17(10)6-14-11/h2-6H,13H2,1H3,(H,16,18). The minimum atomic E-state index is -0.339. The molecule has 1 aromatic carbocycles. The van der Waals surface area contributed by atoms with Crippen molar-refractivity contribution in [1.82, 2.24) is 19.6 Å². The fraction of sp³-hybridized carbons (Fsp3) is 0.0833. The quantitative estimate of drug-likeness (QED) is 0.670. The molecule has 0 atom stereocenters. The Morgan fingerprint density at radius 1 is 1.37 bits per heavy atom. The zero-order chi connectivity index (χ0) is 13.4. The third-order valence-electron chi connectivity index (χ3n) is 2.71. The molecule has 0 aliphatic heterocycles. The number of hydrogen-bond donors (Lipinski definition) is 2. The number of aromatic amines is 1. The van der Waals surface area contributed by atoms with Gasteiger partial charge in [0.15, 0.2) is 5.65 Å². The lowest BCUT2D eigenvalue weighted by molar-refractivity contribution is 0.458. The Morgan fingerprint density at radius 2 is 2.21 bits per heavy atom. The van der Waals surface area contributed by atoms with Crippen molar-refractivity contribution in [2.45, 2.75) is 6.92 Å². The van der Waals surface area contributed by atoms with Crippen LogP contribution < -0.4 is 16.2 Å². The van der Waals surface area contributed by atoms with Gasteiger partial charge in [-0.15, -0.1) is 0 Å². The molecule has 19 heavy (non-hydrogen) atoms. The van der Waals surface area contributed by atoms with Crippen LogP contribution >= 0.6 is 0 Å². The molecule has 2 heterocycles. The predicted molar refractivity (Wildman–Crippen MR) is 69.3 cm³/mol. The second-order valence-electron chi connectivity index (χ2n) is 4.11. The summed E-state index contributed by atoms with van der Waals surface area (Å²) in [6.45, 7) is 1.91. The predicted octanol–water partition coefficient (Wildman–Crippen LogP) is 1.10. The lowest BCUT2D eigenvalue weighted by Crippen LogP contribution is -2.09. The number of anilines is 1. The van der Waals surface area contributed by atoms with Crippen molar-refractivity contribution in [3.05, 3.63) is 46.6 Å². The monoisotopic (exact) mass is 257 g/mol. The first kappa shape index (κ1) is 11.3. The Morgan fingerprint density at radius 3 is 3.05 bits per heavy atom. The number of nitrogens with two attached hydrogens (primary N) is 1. The highest BCUT2D eigenvalue weighted by atomic mass is 16.5. The maximum atomic E-state index is 11.3. The van der Waals surface area contributed by atoms with Crippen molar-refractivity contribution in [3.63, 3.8) is 0 Å². The van der Waals surface area contributed by atoms with Gasteiger partial charge in [-0.1, -0.05) is 6.07 Å². The van der Waals surface area contributed by atoms with Crippen LogP contribution in [0.4, 0.5) is 5.69 Å². The topological polar surface area (TPSA) is 98.3 Å². The van der Waals surface area contributed by atoms with E-state index < -0.39 is 0 Å². The number of nitrogen functional groups attached to an aromatic ring is 1. The van der Waals surface area contributed by atoms with Gasteiger partial charge >= 0.3 is 5.69 Å². The molecule has 2 aromatic heterocycles. The summed E-state index contributed by atoms with van der Waals surface area (Å²) < 4.78 is 6.94. The maximum absolute atomic E-state index is 11.3. The van der Waals surface area contributed by atoms with Crippen molar-refractivity contribution in [3.8, 4) is 11.6 Å². The van der Waals surface area contributed by atoms with Crippen LogP contribution in [-0.4, -0.2) is 19.6 Å². The molecule has 3 aromatic rings. The number of ether oxygens (including phenoxy) is 1. The van der Waals surface area contributed by atoms with Crippen LogP contribution in [0, 0.1) is 6.92 Å². The number of aromatic nitrogens is 4. The molecule has 0 aliphatic rings. The number of hydrogen-bond acceptors (Lipinski definition) is 5. The number of aryl methyl sites for hydroxylation is 1. The highest BCUT2D eigenvalue weighted by Gasteiger charge is 2.06. The van der Waals surface area contributed by atoms with Gasteiger partial charge in [0, 0.05) is 17.8 Å². The van der Waals surface area contributed by atoms with E-state index in [2.05, 4.69) is 15.2 Å². The van der Waals surface area contributed by atoms with Gasteiger partial charge in [0.05, 0.1) is 0 Å². The molecule has 0 spiro atoms. The average Bonchev–Trinajstić information content (AvgIpc) is 2.75. The number of H-pyrrole nitrogens is 1. The zero-order valence-corrected chi connectivity index (χ0v) is 10.1. The summed E-state index contributed by atoms with van der Waals surface area (Å²) in [5.74, 6) is 0.968. The molecule has 96 valence electrons. The third kappa shape index (κ3) is 2.01. The molecule has 0 fully saturated rings. The lowest BCUT2D eigenvalue weighted by atomic mass is 10.2. The Bertz CT molecular complexity index is 805. The molecule has 3 N–H and O–H groups in total.